The van der Waals surface area contributed by atoms with Crippen molar-refractivity contribution in [1.82, 2.24) is 19.7 Å². The van der Waals surface area contributed by atoms with Gasteiger partial charge in [-0.05, 0) is 0 Å². The summed E-state index contributed by atoms with van der Waals surface area (Å²) in [6.45, 7) is 2.87. The summed E-state index contributed by atoms with van der Waals surface area (Å²) in [5.41, 5.74) is 5.42. The zero-order valence-corrected chi connectivity index (χ0v) is 8.61. The molecule has 0 aliphatic carbocycles. The van der Waals surface area contributed by atoms with Gasteiger partial charge in [0.15, 0.2) is 0 Å². The molecule has 2 N–H and O–H groups in total. The van der Waals surface area contributed by atoms with E-state index in [1.165, 1.54) is 0 Å². The van der Waals surface area contributed by atoms with Gasteiger partial charge in [-0.25, -0.2) is 9.97 Å². The first kappa shape index (κ1) is 9.14. The highest BCUT2D eigenvalue weighted by atomic mass is 32.1. The Balaban J connectivity index is 2.05. The molecule has 1 unspecified atom stereocenters. The van der Waals surface area contributed by atoms with Crippen LogP contribution in [0.5, 0.6) is 0 Å². The van der Waals surface area contributed by atoms with Crippen molar-refractivity contribution in [3.05, 3.63) is 22.9 Å². The molecular formula is C8H11N5S. The van der Waals surface area contributed by atoms with Gasteiger partial charge in [0.05, 0.1) is 11.6 Å². The predicted octanol–water partition coefficient (Wildman–Crippen LogP) is 1.12. The first-order valence-corrected chi connectivity index (χ1v) is 5.18. The van der Waals surface area contributed by atoms with E-state index in [0.717, 1.165) is 11.6 Å². The number of thiazole rings is 1. The molecule has 6 heteroatoms. The summed E-state index contributed by atoms with van der Waals surface area (Å²) < 4.78 is 1.74. The summed E-state index contributed by atoms with van der Waals surface area (Å²) in [7, 11) is 0. The fraction of sp³-hybridized carbons (Fsp3) is 0.375. The highest BCUT2D eigenvalue weighted by Gasteiger charge is 2.09. The molecule has 1 atom stereocenters. The van der Waals surface area contributed by atoms with Crippen molar-refractivity contribution in [2.75, 3.05) is 5.73 Å². The zero-order valence-electron chi connectivity index (χ0n) is 7.79. The van der Waals surface area contributed by atoms with Crippen LogP contribution < -0.4 is 5.73 Å². The Bertz CT molecular complexity index is 394. The molecule has 0 radical (unpaired) electrons. The Morgan fingerprint density at radius 3 is 3.00 bits per heavy atom. The Morgan fingerprint density at radius 1 is 1.57 bits per heavy atom. The third-order valence-corrected chi connectivity index (χ3v) is 2.90. The van der Waals surface area contributed by atoms with Crippen LogP contribution in [-0.4, -0.2) is 19.7 Å². The molecule has 2 aromatic heterocycles. The standard InChI is InChI=1S/C8H11N5S/c1-6(7-10-2-3-14-7)4-13-5-11-8(9)12-13/h2-3,5-6H,4H2,1H3,(H2,9,12). The second-order valence-corrected chi connectivity index (χ2v) is 4.02. The van der Waals surface area contributed by atoms with E-state index in [2.05, 4.69) is 22.0 Å². The summed E-state index contributed by atoms with van der Waals surface area (Å²) in [6.07, 6.45) is 3.45. The average molecular weight is 209 g/mol. The van der Waals surface area contributed by atoms with Crippen LogP contribution in [-0.2, 0) is 6.54 Å². The Morgan fingerprint density at radius 2 is 2.43 bits per heavy atom. The molecule has 0 aromatic carbocycles. The van der Waals surface area contributed by atoms with E-state index in [1.54, 1.807) is 22.3 Å². The number of aromatic nitrogens is 4. The van der Waals surface area contributed by atoms with Crippen LogP contribution in [0, 0.1) is 0 Å². The highest BCUT2D eigenvalue weighted by Crippen LogP contribution is 2.18. The molecule has 0 fully saturated rings. The molecular weight excluding hydrogens is 198 g/mol. The van der Waals surface area contributed by atoms with Gasteiger partial charge in [-0.1, -0.05) is 6.92 Å². The summed E-state index contributed by atoms with van der Waals surface area (Å²) in [4.78, 5) is 8.11. The van der Waals surface area contributed by atoms with E-state index in [-0.39, 0.29) is 0 Å². The van der Waals surface area contributed by atoms with Crippen LogP contribution in [0.25, 0.3) is 0 Å². The van der Waals surface area contributed by atoms with Crippen molar-refractivity contribution in [3.63, 3.8) is 0 Å². The number of nitrogen functional groups attached to an aromatic ring is 1. The van der Waals surface area contributed by atoms with Crippen molar-refractivity contribution in [1.29, 1.82) is 0 Å². The lowest BCUT2D eigenvalue weighted by Crippen LogP contribution is -2.06. The van der Waals surface area contributed by atoms with Crippen LogP contribution in [0.1, 0.15) is 17.8 Å². The predicted molar refractivity (Wildman–Crippen MR) is 55.0 cm³/mol. The fourth-order valence-corrected chi connectivity index (χ4v) is 1.92. The van der Waals surface area contributed by atoms with E-state index < -0.39 is 0 Å². The van der Waals surface area contributed by atoms with E-state index in [9.17, 15) is 0 Å². The zero-order chi connectivity index (χ0) is 9.97. The van der Waals surface area contributed by atoms with Gasteiger partial charge >= 0.3 is 0 Å². The smallest absolute Gasteiger partial charge is 0.239 e. The van der Waals surface area contributed by atoms with Crippen LogP contribution in [0.15, 0.2) is 17.9 Å². The molecule has 0 saturated heterocycles. The minimum absolute atomic E-state index is 0.316. The minimum atomic E-state index is 0.316. The maximum Gasteiger partial charge on any atom is 0.239 e. The topological polar surface area (TPSA) is 69.6 Å². The molecule has 74 valence electrons. The molecule has 0 bridgehead atoms. The molecule has 2 aromatic rings. The third kappa shape index (κ3) is 1.90. The number of hydrogen-bond acceptors (Lipinski definition) is 5. The lowest BCUT2D eigenvalue weighted by molar-refractivity contribution is 0.541. The quantitative estimate of drug-likeness (QED) is 0.822. The van der Waals surface area contributed by atoms with Gasteiger partial charge in [-0.2, -0.15) is 0 Å². The second-order valence-electron chi connectivity index (χ2n) is 3.10. The maximum atomic E-state index is 5.42. The first-order chi connectivity index (χ1) is 6.75. The van der Waals surface area contributed by atoms with Crippen molar-refractivity contribution in [3.8, 4) is 0 Å². The molecule has 0 aliphatic heterocycles. The van der Waals surface area contributed by atoms with Crippen LogP contribution >= 0.6 is 11.3 Å². The monoisotopic (exact) mass is 209 g/mol. The van der Waals surface area contributed by atoms with Gasteiger partial charge in [-0.15, -0.1) is 16.4 Å². The van der Waals surface area contributed by atoms with Crippen molar-refractivity contribution >= 4 is 17.3 Å². The van der Waals surface area contributed by atoms with Gasteiger partial charge < -0.3 is 5.73 Å². The Hall–Kier alpha value is -1.43. The third-order valence-electron chi connectivity index (χ3n) is 1.89. The van der Waals surface area contributed by atoms with Gasteiger partial charge in [0.2, 0.25) is 5.95 Å². The van der Waals surface area contributed by atoms with E-state index in [1.807, 2.05) is 11.6 Å². The summed E-state index contributed by atoms with van der Waals surface area (Å²) in [5.74, 6) is 0.660. The lowest BCUT2D eigenvalue weighted by atomic mass is 10.2. The molecule has 5 nitrogen and oxygen atoms in total. The SMILES string of the molecule is CC(Cn1cnc(N)n1)c1nccs1. The van der Waals surface area contributed by atoms with Crippen LogP contribution in [0.3, 0.4) is 0 Å². The Labute approximate surface area is 85.6 Å². The number of anilines is 1. The maximum absolute atomic E-state index is 5.42. The molecule has 0 saturated carbocycles. The van der Waals surface area contributed by atoms with Gasteiger partial charge in [0.1, 0.15) is 6.33 Å². The summed E-state index contributed by atoms with van der Waals surface area (Å²) in [6, 6.07) is 0. The van der Waals surface area contributed by atoms with Crippen LogP contribution in [0.4, 0.5) is 5.95 Å². The minimum Gasteiger partial charge on any atom is -0.367 e. The van der Waals surface area contributed by atoms with E-state index in [0.29, 0.717) is 11.9 Å². The molecule has 0 aliphatic rings. The van der Waals surface area contributed by atoms with E-state index >= 15 is 0 Å². The van der Waals surface area contributed by atoms with Crippen molar-refractivity contribution < 1.29 is 0 Å². The molecule has 2 heterocycles. The average Bonchev–Trinajstić information content (AvgIpc) is 2.75. The van der Waals surface area contributed by atoms with Crippen molar-refractivity contribution in [2.45, 2.75) is 19.4 Å². The molecule has 14 heavy (non-hydrogen) atoms. The normalized spacial score (nSPS) is 12.9. The number of hydrogen-bond donors (Lipinski definition) is 1. The molecule has 0 amide bonds. The van der Waals surface area contributed by atoms with Gasteiger partial charge in [-0.3, -0.25) is 4.68 Å². The number of nitrogens with zero attached hydrogens (tertiary/aromatic N) is 4. The lowest BCUT2D eigenvalue weighted by Gasteiger charge is -2.06. The van der Waals surface area contributed by atoms with Gasteiger partial charge in [0.25, 0.3) is 0 Å². The van der Waals surface area contributed by atoms with Crippen molar-refractivity contribution in [2.24, 2.45) is 0 Å². The highest BCUT2D eigenvalue weighted by molar-refractivity contribution is 7.09. The molecule has 0 spiro atoms. The van der Waals surface area contributed by atoms with Gasteiger partial charge in [0, 0.05) is 17.5 Å². The summed E-state index contributed by atoms with van der Waals surface area (Å²) >= 11 is 1.65. The second kappa shape index (κ2) is 3.75. The fourth-order valence-electron chi connectivity index (χ4n) is 1.23. The summed E-state index contributed by atoms with van der Waals surface area (Å²) in [5, 5.41) is 7.10. The van der Waals surface area contributed by atoms with Crippen LogP contribution in [0.2, 0.25) is 0 Å². The molecule has 2 rings (SSSR count). The van der Waals surface area contributed by atoms with E-state index in [4.69, 9.17) is 5.73 Å². The Kier molecular flexibility index (Phi) is 2.45. The number of rotatable bonds is 3. The number of nitrogens with two attached hydrogens (primary N) is 1. The first-order valence-electron chi connectivity index (χ1n) is 4.30. The largest absolute Gasteiger partial charge is 0.367 e.